The van der Waals surface area contributed by atoms with E-state index in [2.05, 4.69) is 10.3 Å². The number of hydrogen-bond acceptors (Lipinski definition) is 4. The van der Waals surface area contributed by atoms with Crippen molar-refractivity contribution in [1.29, 1.82) is 0 Å². The number of rotatable bonds is 3. The molecule has 0 saturated heterocycles. The number of nitrogens with two attached hydrogens (primary N) is 1. The lowest BCUT2D eigenvalue weighted by molar-refractivity contribution is 0.608. The Morgan fingerprint density at radius 2 is 2.33 bits per heavy atom. The Labute approximate surface area is 88.5 Å². The van der Waals surface area contributed by atoms with Gasteiger partial charge in [0.05, 0.1) is 0 Å². The maximum atomic E-state index is 5.63. The number of hydrogen-bond donors (Lipinski definition) is 2. The minimum absolute atomic E-state index is 0.0850. The number of anilines is 1. The smallest absolute Gasteiger partial charge is 0.295 e. The maximum absolute atomic E-state index is 5.63. The van der Waals surface area contributed by atoms with Crippen molar-refractivity contribution in [1.82, 2.24) is 4.98 Å². The van der Waals surface area contributed by atoms with Crippen LogP contribution in [0.5, 0.6) is 0 Å². The van der Waals surface area contributed by atoms with Crippen molar-refractivity contribution in [3.05, 3.63) is 23.8 Å². The summed E-state index contributed by atoms with van der Waals surface area (Å²) in [7, 11) is 0. The summed E-state index contributed by atoms with van der Waals surface area (Å²) in [4.78, 5) is 4.31. The van der Waals surface area contributed by atoms with Crippen LogP contribution in [-0.2, 0) is 0 Å². The van der Waals surface area contributed by atoms with Gasteiger partial charge in [0.25, 0.3) is 6.01 Å². The van der Waals surface area contributed by atoms with E-state index in [1.807, 2.05) is 32.0 Å². The predicted octanol–water partition coefficient (Wildman–Crippen LogP) is 1.90. The lowest BCUT2D eigenvalue weighted by Gasteiger charge is -2.03. The second-order valence-electron chi connectivity index (χ2n) is 3.85. The van der Waals surface area contributed by atoms with Crippen molar-refractivity contribution in [3.8, 4) is 0 Å². The van der Waals surface area contributed by atoms with Crippen molar-refractivity contribution in [2.24, 2.45) is 5.73 Å². The van der Waals surface area contributed by atoms with E-state index in [9.17, 15) is 0 Å². The van der Waals surface area contributed by atoms with Gasteiger partial charge in [-0.1, -0.05) is 6.07 Å². The van der Waals surface area contributed by atoms with E-state index in [1.54, 1.807) is 0 Å². The molecule has 3 N–H and O–H groups in total. The average molecular weight is 205 g/mol. The third-order valence-electron chi connectivity index (χ3n) is 2.12. The summed E-state index contributed by atoms with van der Waals surface area (Å²) in [6.07, 6.45) is 0. The van der Waals surface area contributed by atoms with Crippen molar-refractivity contribution < 1.29 is 4.42 Å². The van der Waals surface area contributed by atoms with Gasteiger partial charge in [0, 0.05) is 12.6 Å². The first-order chi connectivity index (χ1) is 7.15. The van der Waals surface area contributed by atoms with Gasteiger partial charge in [0.15, 0.2) is 5.58 Å². The van der Waals surface area contributed by atoms with Crippen molar-refractivity contribution in [3.63, 3.8) is 0 Å². The molecule has 0 fully saturated rings. The van der Waals surface area contributed by atoms with Gasteiger partial charge < -0.3 is 15.5 Å². The fraction of sp³-hybridized carbons (Fsp3) is 0.364. The number of fused-ring (bicyclic) bond motifs is 1. The van der Waals surface area contributed by atoms with Crippen LogP contribution in [0.15, 0.2) is 22.6 Å². The zero-order valence-corrected chi connectivity index (χ0v) is 8.95. The number of oxazole rings is 1. The summed E-state index contributed by atoms with van der Waals surface area (Å²) in [5.74, 6) is 0. The number of nitrogens with one attached hydrogen (secondary N) is 1. The molecule has 2 aromatic rings. The molecule has 1 unspecified atom stereocenters. The van der Waals surface area contributed by atoms with Crippen LogP contribution in [0.2, 0.25) is 0 Å². The molecule has 0 aliphatic rings. The molecular weight excluding hydrogens is 190 g/mol. The first-order valence-electron chi connectivity index (χ1n) is 5.02. The van der Waals surface area contributed by atoms with Gasteiger partial charge in [0.2, 0.25) is 0 Å². The Hall–Kier alpha value is -1.55. The van der Waals surface area contributed by atoms with Gasteiger partial charge in [-0.15, -0.1) is 0 Å². The zero-order valence-electron chi connectivity index (χ0n) is 8.95. The quantitative estimate of drug-likeness (QED) is 0.803. The number of aryl methyl sites for hydroxylation is 1. The van der Waals surface area contributed by atoms with Gasteiger partial charge in [-0.25, -0.2) is 0 Å². The molecule has 1 atom stereocenters. The molecule has 2 rings (SSSR count). The lowest BCUT2D eigenvalue weighted by Crippen LogP contribution is -2.25. The van der Waals surface area contributed by atoms with E-state index in [0.717, 1.165) is 11.1 Å². The Balaban J connectivity index is 2.23. The Morgan fingerprint density at radius 3 is 3.07 bits per heavy atom. The molecule has 0 aliphatic carbocycles. The number of nitrogens with zero attached hydrogens (tertiary/aromatic N) is 1. The van der Waals surface area contributed by atoms with Gasteiger partial charge in [0.1, 0.15) is 5.52 Å². The fourth-order valence-electron chi connectivity index (χ4n) is 1.36. The highest BCUT2D eigenvalue weighted by atomic mass is 16.4. The Bertz CT molecular complexity index is 462. The second-order valence-corrected chi connectivity index (χ2v) is 3.85. The highest BCUT2D eigenvalue weighted by Crippen LogP contribution is 2.19. The molecule has 4 heteroatoms. The van der Waals surface area contributed by atoms with Crippen LogP contribution in [0.3, 0.4) is 0 Å². The summed E-state index contributed by atoms with van der Waals surface area (Å²) < 4.78 is 5.50. The monoisotopic (exact) mass is 205 g/mol. The molecule has 0 saturated carbocycles. The average Bonchev–Trinajstić information content (AvgIpc) is 2.56. The third kappa shape index (κ3) is 2.27. The van der Waals surface area contributed by atoms with E-state index >= 15 is 0 Å². The van der Waals surface area contributed by atoms with E-state index in [1.165, 1.54) is 5.56 Å². The predicted molar refractivity (Wildman–Crippen MR) is 60.9 cm³/mol. The van der Waals surface area contributed by atoms with Crippen LogP contribution < -0.4 is 11.1 Å². The maximum Gasteiger partial charge on any atom is 0.295 e. The van der Waals surface area contributed by atoms with Crippen LogP contribution in [0.4, 0.5) is 6.01 Å². The largest absolute Gasteiger partial charge is 0.424 e. The van der Waals surface area contributed by atoms with Crippen LogP contribution in [-0.4, -0.2) is 17.6 Å². The normalized spacial score (nSPS) is 13.0. The summed E-state index contributed by atoms with van der Waals surface area (Å²) in [6.45, 7) is 4.62. The summed E-state index contributed by atoms with van der Waals surface area (Å²) in [5.41, 5.74) is 8.48. The second kappa shape index (κ2) is 3.90. The topological polar surface area (TPSA) is 64.1 Å². The standard InChI is InChI=1S/C11H15N3O/c1-7-3-4-10-9(5-7)14-11(15-10)13-6-8(2)12/h3-5,8H,6,12H2,1-2H3,(H,13,14). The molecule has 80 valence electrons. The van der Waals surface area contributed by atoms with E-state index < -0.39 is 0 Å². The molecular formula is C11H15N3O. The van der Waals surface area contributed by atoms with E-state index in [-0.39, 0.29) is 6.04 Å². The summed E-state index contributed by atoms with van der Waals surface area (Å²) in [5, 5.41) is 3.05. The summed E-state index contributed by atoms with van der Waals surface area (Å²) >= 11 is 0. The van der Waals surface area contributed by atoms with Crippen molar-refractivity contribution >= 4 is 17.1 Å². The van der Waals surface area contributed by atoms with Crippen molar-refractivity contribution in [2.75, 3.05) is 11.9 Å². The number of benzene rings is 1. The molecule has 1 heterocycles. The molecule has 0 amide bonds. The number of aromatic nitrogens is 1. The highest BCUT2D eigenvalue weighted by molar-refractivity contribution is 5.75. The Morgan fingerprint density at radius 1 is 1.53 bits per heavy atom. The minimum atomic E-state index is 0.0850. The molecule has 0 spiro atoms. The SMILES string of the molecule is Cc1ccc2oc(NCC(C)N)nc2c1. The zero-order chi connectivity index (χ0) is 10.8. The molecule has 1 aromatic carbocycles. The van der Waals surface area contributed by atoms with Gasteiger partial charge in [-0.2, -0.15) is 4.98 Å². The van der Waals surface area contributed by atoms with E-state index in [0.29, 0.717) is 12.6 Å². The van der Waals surface area contributed by atoms with Crippen molar-refractivity contribution in [2.45, 2.75) is 19.9 Å². The van der Waals surface area contributed by atoms with Gasteiger partial charge in [-0.05, 0) is 31.5 Å². The molecule has 1 aromatic heterocycles. The first-order valence-corrected chi connectivity index (χ1v) is 5.02. The van der Waals surface area contributed by atoms with Crippen LogP contribution in [0.25, 0.3) is 11.1 Å². The first kappa shape index (κ1) is 9.98. The van der Waals surface area contributed by atoms with Gasteiger partial charge in [-0.3, -0.25) is 0 Å². The fourth-order valence-corrected chi connectivity index (χ4v) is 1.36. The molecule has 0 bridgehead atoms. The van der Waals surface area contributed by atoms with Gasteiger partial charge >= 0.3 is 0 Å². The van der Waals surface area contributed by atoms with Crippen LogP contribution >= 0.6 is 0 Å². The molecule has 0 radical (unpaired) electrons. The third-order valence-corrected chi connectivity index (χ3v) is 2.12. The molecule has 0 aliphatic heterocycles. The van der Waals surface area contributed by atoms with Crippen LogP contribution in [0.1, 0.15) is 12.5 Å². The van der Waals surface area contributed by atoms with Crippen LogP contribution in [0, 0.1) is 6.92 Å². The lowest BCUT2D eigenvalue weighted by atomic mass is 10.2. The van der Waals surface area contributed by atoms with E-state index in [4.69, 9.17) is 10.2 Å². The minimum Gasteiger partial charge on any atom is -0.424 e. The Kier molecular flexibility index (Phi) is 2.60. The molecule has 15 heavy (non-hydrogen) atoms. The highest BCUT2D eigenvalue weighted by Gasteiger charge is 2.05. The summed E-state index contributed by atoms with van der Waals surface area (Å²) in [6, 6.07) is 6.54. The molecule has 4 nitrogen and oxygen atoms in total.